The third-order valence-corrected chi connectivity index (χ3v) is 7.16. The van der Waals surface area contributed by atoms with Crippen LogP contribution in [0.3, 0.4) is 0 Å². The second kappa shape index (κ2) is 10.7. The molecule has 1 saturated carbocycles. The van der Waals surface area contributed by atoms with E-state index in [-0.39, 0.29) is 27.7 Å². The van der Waals surface area contributed by atoms with Crippen LogP contribution in [0.5, 0.6) is 5.75 Å². The van der Waals surface area contributed by atoms with Gasteiger partial charge in [0, 0.05) is 30.7 Å². The summed E-state index contributed by atoms with van der Waals surface area (Å²) in [4.78, 5) is 39.6. The number of carbonyl (C=O) groups is 3. The Morgan fingerprint density at radius 1 is 0.970 bits per heavy atom. The normalized spacial score (nSPS) is 17.4. The van der Waals surface area contributed by atoms with Gasteiger partial charge in [-0.1, -0.05) is 30.6 Å². The Morgan fingerprint density at radius 3 is 2.30 bits per heavy atom. The molecule has 1 aromatic carbocycles. The van der Waals surface area contributed by atoms with Gasteiger partial charge in [-0.3, -0.25) is 14.4 Å². The van der Waals surface area contributed by atoms with Gasteiger partial charge in [-0.2, -0.15) is 0 Å². The number of hydrogen-bond donors (Lipinski definition) is 2. The fourth-order valence-corrected chi connectivity index (χ4v) is 5.01. The molecule has 10 heteroatoms. The molecule has 176 valence electrons. The highest BCUT2D eigenvalue weighted by atomic mass is 32.1. The molecule has 2 heterocycles. The second-order valence-corrected chi connectivity index (χ2v) is 9.48. The van der Waals surface area contributed by atoms with Crippen LogP contribution in [-0.4, -0.2) is 59.1 Å². The lowest BCUT2D eigenvalue weighted by Gasteiger charge is -2.32. The number of carbonyl (C=O) groups excluding carboxylic acids is 3. The standard InChI is InChI=1S/C23H29N5O4S/c1-32-18-9-7-17(8-10-18)25-20(30)21-26-27-22(33-21)23(31)28-13-11-15(12-14-28)19(29)24-16-5-3-2-4-6-16/h7-10,15-16H,2-6,11-14H2,1H3,(H,24,29)(H,25,30). The molecule has 0 atom stereocenters. The Bertz CT molecular complexity index is 979. The predicted octanol–water partition coefficient (Wildman–Crippen LogP) is 3.10. The third-order valence-electron chi connectivity index (χ3n) is 6.25. The van der Waals surface area contributed by atoms with Crippen LogP contribution >= 0.6 is 11.3 Å². The summed E-state index contributed by atoms with van der Waals surface area (Å²) in [6.45, 7) is 0.989. The van der Waals surface area contributed by atoms with Gasteiger partial charge >= 0.3 is 0 Å². The molecular formula is C23H29N5O4S. The van der Waals surface area contributed by atoms with Gasteiger partial charge in [0.1, 0.15) is 5.75 Å². The summed E-state index contributed by atoms with van der Waals surface area (Å²) in [5.74, 6) is 0.0719. The van der Waals surface area contributed by atoms with Gasteiger partial charge in [-0.05, 0) is 49.9 Å². The van der Waals surface area contributed by atoms with E-state index < -0.39 is 5.91 Å². The molecule has 1 aliphatic heterocycles. The molecule has 3 amide bonds. The number of rotatable bonds is 6. The number of anilines is 1. The Labute approximate surface area is 196 Å². The van der Waals surface area contributed by atoms with E-state index in [2.05, 4.69) is 20.8 Å². The topological polar surface area (TPSA) is 114 Å². The molecule has 2 N–H and O–H groups in total. The molecule has 0 unspecified atom stereocenters. The monoisotopic (exact) mass is 471 g/mol. The number of hydrogen-bond acceptors (Lipinski definition) is 7. The van der Waals surface area contributed by atoms with Gasteiger partial charge in [0.05, 0.1) is 7.11 Å². The first-order valence-electron chi connectivity index (χ1n) is 11.4. The Morgan fingerprint density at radius 2 is 1.64 bits per heavy atom. The van der Waals surface area contributed by atoms with Crippen molar-refractivity contribution in [2.45, 2.75) is 51.0 Å². The molecule has 4 rings (SSSR count). The SMILES string of the molecule is COc1ccc(NC(=O)c2nnc(C(=O)N3CCC(C(=O)NC4CCCCC4)CC3)s2)cc1. The minimum absolute atomic E-state index is 0.0590. The van der Waals surface area contributed by atoms with Gasteiger partial charge < -0.3 is 20.3 Å². The van der Waals surface area contributed by atoms with Crippen molar-refractivity contribution >= 4 is 34.7 Å². The Hall–Kier alpha value is -3.01. The molecule has 2 aromatic rings. The number of aromatic nitrogens is 2. The van der Waals surface area contributed by atoms with Crippen molar-refractivity contribution < 1.29 is 19.1 Å². The summed E-state index contributed by atoms with van der Waals surface area (Å²) in [5, 5.41) is 14.1. The van der Waals surface area contributed by atoms with Crippen LogP contribution in [0.1, 0.15) is 64.6 Å². The fraction of sp³-hybridized carbons (Fsp3) is 0.522. The minimum atomic E-state index is -0.421. The van der Waals surface area contributed by atoms with Crippen molar-refractivity contribution in [1.29, 1.82) is 0 Å². The van der Waals surface area contributed by atoms with Crippen molar-refractivity contribution in [3.8, 4) is 5.75 Å². The van der Waals surface area contributed by atoms with Crippen LogP contribution in [0.15, 0.2) is 24.3 Å². The van der Waals surface area contributed by atoms with Crippen molar-refractivity contribution in [2.24, 2.45) is 5.92 Å². The first kappa shape index (κ1) is 23.2. The maximum absolute atomic E-state index is 12.8. The lowest BCUT2D eigenvalue weighted by Crippen LogP contribution is -2.45. The van der Waals surface area contributed by atoms with Gasteiger partial charge in [-0.15, -0.1) is 10.2 Å². The van der Waals surface area contributed by atoms with Crippen molar-refractivity contribution in [3.63, 3.8) is 0 Å². The number of ether oxygens (including phenoxy) is 1. The summed E-state index contributed by atoms with van der Waals surface area (Å²) >= 11 is 0.971. The summed E-state index contributed by atoms with van der Waals surface area (Å²) in [7, 11) is 1.57. The number of amides is 3. The van der Waals surface area contributed by atoms with Gasteiger partial charge in [-0.25, -0.2) is 0 Å². The molecule has 33 heavy (non-hydrogen) atoms. The first-order valence-corrected chi connectivity index (χ1v) is 12.2. The van der Waals surface area contributed by atoms with Gasteiger partial charge in [0.25, 0.3) is 11.8 Å². The lowest BCUT2D eigenvalue weighted by molar-refractivity contribution is -0.127. The van der Waals surface area contributed by atoms with E-state index in [9.17, 15) is 14.4 Å². The summed E-state index contributed by atoms with van der Waals surface area (Å²) in [5.41, 5.74) is 0.595. The summed E-state index contributed by atoms with van der Waals surface area (Å²) < 4.78 is 5.10. The number of nitrogens with zero attached hydrogens (tertiary/aromatic N) is 3. The minimum Gasteiger partial charge on any atom is -0.497 e. The molecule has 1 saturated heterocycles. The van der Waals surface area contributed by atoms with Gasteiger partial charge in [0.2, 0.25) is 15.9 Å². The number of methoxy groups -OCH3 is 1. The van der Waals surface area contributed by atoms with Crippen LogP contribution in [-0.2, 0) is 4.79 Å². The van der Waals surface area contributed by atoms with E-state index in [1.807, 2.05) is 0 Å². The highest BCUT2D eigenvalue weighted by Crippen LogP contribution is 2.23. The Kier molecular flexibility index (Phi) is 7.54. The van der Waals surface area contributed by atoms with Crippen molar-refractivity contribution in [1.82, 2.24) is 20.4 Å². The molecule has 2 aliphatic rings. The summed E-state index contributed by atoms with van der Waals surface area (Å²) in [6, 6.07) is 7.22. The first-order chi connectivity index (χ1) is 16.0. The molecule has 0 spiro atoms. The van der Waals surface area contributed by atoms with Crippen LogP contribution in [0.2, 0.25) is 0 Å². The van der Waals surface area contributed by atoms with E-state index in [0.717, 1.165) is 24.2 Å². The van der Waals surface area contributed by atoms with Crippen molar-refractivity contribution in [2.75, 3.05) is 25.5 Å². The van der Waals surface area contributed by atoms with Gasteiger partial charge in [0.15, 0.2) is 0 Å². The number of benzene rings is 1. The maximum atomic E-state index is 12.8. The van der Waals surface area contributed by atoms with E-state index in [1.54, 1.807) is 36.3 Å². The van der Waals surface area contributed by atoms with E-state index in [4.69, 9.17) is 4.74 Å². The quantitative estimate of drug-likeness (QED) is 0.669. The fourth-order valence-electron chi connectivity index (χ4n) is 4.31. The molecule has 0 bridgehead atoms. The molecule has 9 nitrogen and oxygen atoms in total. The zero-order valence-corrected chi connectivity index (χ0v) is 19.5. The largest absolute Gasteiger partial charge is 0.497 e. The van der Waals surface area contributed by atoms with Crippen molar-refractivity contribution in [3.05, 3.63) is 34.3 Å². The van der Waals surface area contributed by atoms with E-state index in [0.29, 0.717) is 43.4 Å². The van der Waals surface area contributed by atoms with Crippen LogP contribution in [0, 0.1) is 5.92 Å². The predicted molar refractivity (Wildman–Crippen MR) is 124 cm³/mol. The van der Waals surface area contributed by atoms with Crippen LogP contribution < -0.4 is 15.4 Å². The van der Waals surface area contributed by atoms with E-state index >= 15 is 0 Å². The molecule has 2 fully saturated rings. The molecule has 1 aliphatic carbocycles. The maximum Gasteiger partial charge on any atom is 0.286 e. The lowest BCUT2D eigenvalue weighted by atomic mass is 9.92. The number of likely N-dealkylation sites (tertiary alicyclic amines) is 1. The second-order valence-electron chi connectivity index (χ2n) is 8.50. The number of nitrogens with one attached hydrogen (secondary N) is 2. The molecule has 0 radical (unpaired) electrons. The average Bonchev–Trinajstić information content (AvgIpc) is 3.35. The summed E-state index contributed by atoms with van der Waals surface area (Å²) in [6.07, 6.45) is 7.01. The Balaban J connectivity index is 1.27. The average molecular weight is 472 g/mol. The smallest absolute Gasteiger partial charge is 0.286 e. The highest BCUT2D eigenvalue weighted by molar-refractivity contribution is 7.15. The van der Waals surface area contributed by atoms with E-state index in [1.165, 1.54) is 19.3 Å². The molecular weight excluding hydrogens is 442 g/mol. The molecule has 1 aromatic heterocycles. The van der Waals surface area contributed by atoms with Crippen LogP contribution in [0.4, 0.5) is 5.69 Å². The zero-order chi connectivity index (χ0) is 23.2. The zero-order valence-electron chi connectivity index (χ0n) is 18.7. The van der Waals surface area contributed by atoms with Crippen LogP contribution in [0.25, 0.3) is 0 Å². The third kappa shape index (κ3) is 5.87. The highest BCUT2D eigenvalue weighted by Gasteiger charge is 2.30. The number of piperidine rings is 1.